The van der Waals surface area contributed by atoms with Gasteiger partial charge in [-0.05, 0) is 90.5 Å². The van der Waals surface area contributed by atoms with E-state index in [9.17, 15) is 18.8 Å². The molecule has 4 atom stereocenters. The Hall–Kier alpha value is -2.11. The number of rotatable bonds is 7. The van der Waals surface area contributed by atoms with E-state index in [4.69, 9.17) is 17.3 Å². The van der Waals surface area contributed by atoms with E-state index in [-0.39, 0.29) is 53.0 Å². The van der Waals surface area contributed by atoms with Crippen LogP contribution in [0, 0.1) is 29.0 Å². The summed E-state index contributed by atoms with van der Waals surface area (Å²) in [6.45, 7) is 7.42. The molecule has 2 bridgehead atoms. The molecule has 0 heterocycles. The summed E-state index contributed by atoms with van der Waals surface area (Å²) in [5.41, 5.74) is -1.04. The number of nitrogens with one attached hydrogen (secondary N) is 1. The lowest BCUT2D eigenvalue weighted by Crippen LogP contribution is -2.47. The van der Waals surface area contributed by atoms with Crippen molar-refractivity contribution in [1.29, 1.82) is 0 Å². The van der Waals surface area contributed by atoms with Gasteiger partial charge in [0.15, 0.2) is 34.6 Å². The molecule has 210 valence electrons. The summed E-state index contributed by atoms with van der Waals surface area (Å²) < 4.78 is 36.9. The van der Waals surface area contributed by atoms with E-state index in [1.165, 1.54) is 13.2 Å². The van der Waals surface area contributed by atoms with Crippen LogP contribution in [-0.4, -0.2) is 42.7 Å². The van der Waals surface area contributed by atoms with Gasteiger partial charge in [0, 0.05) is 12.1 Å². The smallest absolute Gasteiger partial charge is 0.320 e. The third-order valence-corrected chi connectivity index (χ3v) is 8.72. The number of benzene rings is 1. The predicted octanol–water partition coefficient (Wildman–Crippen LogP) is 5.54. The number of ether oxygens (including phenoxy) is 3. The normalized spacial score (nSPS) is 30.4. The Morgan fingerprint density at radius 2 is 1.71 bits per heavy atom. The number of methoxy groups -OCH3 is 1. The molecule has 3 fully saturated rings. The second-order valence-electron chi connectivity index (χ2n) is 12.1. The fourth-order valence-corrected chi connectivity index (χ4v) is 6.52. The van der Waals surface area contributed by atoms with Crippen molar-refractivity contribution in [1.82, 2.24) is 5.32 Å². The van der Waals surface area contributed by atoms with Crippen molar-refractivity contribution in [3.8, 4) is 11.5 Å². The lowest BCUT2D eigenvalue weighted by Gasteiger charge is -2.37. The van der Waals surface area contributed by atoms with Crippen LogP contribution in [0.1, 0.15) is 83.0 Å². The molecule has 0 aliphatic heterocycles. The minimum atomic E-state index is -0.634. The van der Waals surface area contributed by atoms with Crippen LogP contribution >= 0.6 is 23.0 Å². The first-order chi connectivity index (χ1) is 17.8. The van der Waals surface area contributed by atoms with Crippen LogP contribution in [0.3, 0.4) is 0 Å². The number of fused-ring (bicyclic) bond motifs is 2. The van der Waals surface area contributed by atoms with Crippen LogP contribution < -0.4 is 14.8 Å². The average molecular weight is 646 g/mol. The highest BCUT2D eigenvalue weighted by atomic mass is 127. The van der Waals surface area contributed by atoms with Gasteiger partial charge in [0.1, 0.15) is 11.4 Å². The zero-order valence-corrected chi connectivity index (χ0v) is 24.8. The summed E-state index contributed by atoms with van der Waals surface area (Å²) in [4.78, 5) is 38.5. The number of carbonyl (C=O) groups excluding carboxylic acids is 3. The first kappa shape index (κ1) is 28.9. The molecule has 0 aromatic heterocycles. The molecule has 0 saturated heterocycles. The van der Waals surface area contributed by atoms with Crippen molar-refractivity contribution >= 4 is 40.9 Å². The van der Waals surface area contributed by atoms with Gasteiger partial charge in [0.25, 0.3) is 5.91 Å². The van der Waals surface area contributed by atoms with Gasteiger partial charge in [-0.3, -0.25) is 14.4 Å². The van der Waals surface area contributed by atoms with E-state index in [2.05, 4.69) is 5.32 Å². The van der Waals surface area contributed by atoms with Gasteiger partial charge >= 0.3 is 11.9 Å². The fourth-order valence-electron chi connectivity index (χ4n) is 6.22. The van der Waals surface area contributed by atoms with Crippen LogP contribution in [0.5, 0.6) is 11.5 Å². The largest absolute Gasteiger partial charge is 0.496 e. The number of hydrogen-bond acceptors (Lipinski definition) is 7. The molecule has 4 rings (SSSR count). The maximum atomic E-state index is 15.0. The molecule has 0 radical (unpaired) electrons. The van der Waals surface area contributed by atoms with Crippen molar-refractivity contribution < 1.29 is 36.1 Å². The van der Waals surface area contributed by atoms with Crippen LogP contribution in [-0.2, 0) is 17.4 Å². The summed E-state index contributed by atoms with van der Waals surface area (Å²) >= 11 is 1.59. The predicted molar refractivity (Wildman–Crippen MR) is 145 cm³/mol. The molecule has 3 saturated carbocycles. The molecule has 38 heavy (non-hydrogen) atoms. The third kappa shape index (κ3) is 6.04. The van der Waals surface area contributed by atoms with E-state index < -0.39 is 28.7 Å². The molecular formula is C28H37FINO7. The Labute approximate surface area is 237 Å². The summed E-state index contributed by atoms with van der Waals surface area (Å²) in [6.07, 6.45) is 4.66. The Balaban J connectivity index is 1.46. The molecule has 1 aromatic rings. The molecule has 1 aromatic carbocycles. The second kappa shape index (κ2) is 11.2. The summed E-state index contributed by atoms with van der Waals surface area (Å²) in [5, 5.41) is 3.01. The lowest BCUT2D eigenvalue weighted by molar-refractivity contribution is -0.169. The highest BCUT2D eigenvalue weighted by molar-refractivity contribution is 14.1. The molecule has 8 nitrogen and oxygen atoms in total. The minimum Gasteiger partial charge on any atom is -0.496 e. The van der Waals surface area contributed by atoms with E-state index >= 15 is 0 Å². The fraction of sp³-hybridized carbons (Fsp3) is 0.679. The van der Waals surface area contributed by atoms with Crippen LogP contribution in [0.2, 0.25) is 0 Å². The highest BCUT2D eigenvalue weighted by Crippen LogP contribution is 2.49. The van der Waals surface area contributed by atoms with E-state index in [1.807, 2.05) is 27.7 Å². The van der Waals surface area contributed by atoms with E-state index in [1.54, 1.807) is 23.0 Å². The van der Waals surface area contributed by atoms with Crippen LogP contribution in [0.15, 0.2) is 12.1 Å². The first-order valence-electron chi connectivity index (χ1n) is 13.3. The number of carbonyl (C=O) groups is 3. The van der Waals surface area contributed by atoms with Crippen LogP contribution in [0.25, 0.3) is 0 Å². The molecule has 1 amide bonds. The van der Waals surface area contributed by atoms with Crippen molar-refractivity contribution in [2.24, 2.45) is 23.2 Å². The molecule has 3 aliphatic rings. The molecule has 1 N–H and O–H groups in total. The zero-order valence-electron chi connectivity index (χ0n) is 22.6. The Kier molecular flexibility index (Phi) is 8.49. The molecule has 0 spiro atoms. The van der Waals surface area contributed by atoms with Gasteiger partial charge in [-0.2, -0.15) is 0 Å². The topological polar surface area (TPSA) is 100 Å². The van der Waals surface area contributed by atoms with Gasteiger partial charge in [-0.1, -0.05) is 0 Å². The monoisotopic (exact) mass is 645 g/mol. The maximum Gasteiger partial charge on any atom is 0.320 e. The second-order valence-corrected chi connectivity index (χ2v) is 12.6. The van der Waals surface area contributed by atoms with Crippen molar-refractivity contribution in [3.05, 3.63) is 23.5 Å². The number of esters is 1. The van der Waals surface area contributed by atoms with Gasteiger partial charge in [-0.25, -0.2) is 4.39 Å². The number of hydrogen-bond donors (Lipinski definition) is 1. The minimum absolute atomic E-state index is 0.0435. The standard InChI is InChI=1S/C28H37FINO7/c1-27(2,3)37-26(34)28(4)10-8-17(9-11-28)36-21-13-18(20(35-5)14-19(21)29)24(32)31-23-16-7-6-15(12-16)22(23)25(33)38-30/h13-17,22-23H,6-12H2,1-5H3,(H,31,32)/t15-,16+,17?,22+,23-,28?/m1/s1. The van der Waals surface area contributed by atoms with Gasteiger partial charge in [0.05, 0.1) is 30.1 Å². The van der Waals surface area contributed by atoms with Gasteiger partial charge in [-0.15, -0.1) is 0 Å². The number of amides is 1. The molecule has 10 heteroatoms. The highest BCUT2D eigenvalue weighted by Gasteiger charge is 2.52. The molecular weight excluding hydrogens is 608 g/mol. The van der Waals surface area contributed by atoms with E-state index in [0.717, 1.165) is 25.3 Å². The Morgan fingerprint density at radius 1 is 1.05 bits per heavy atom. The maximum absolute atomic E-state index is 15.0. The van der Waals surface area contributed by atoms with Gasteiger partial charge < -0.3 is 22.6 Å². The summed E-state index contributed by atoms with van der Waals surface area (Å²) in [6, 6.07) is 2.17. The Bertz CT molecular complexity index is 1080. The zero-order chi connectivity index (χ0) is 27.8. The molecule has 0 unspecified atom stereocenters. The quantitative estimate of drug-likeness (QED) is 0.307. The van der Waals surface area contributed by atoms with Crippen molar-refractivity contribution in [3.63, 3.8) is 0 Å². The average Bonchev–Trinajstić information content (AvgIpc) is 3.46. The van der Waals surface area contributed by atoms with E-state index in [0.29, 0.717) is 25.7 Å². The number of halogens is 2. The first-order valence-corrected chi connectivity index (χ1v) is 14.1. The SMILES string of the molecule is COc1cc(F)c(OC2CCC(C)(C(=O)OC(C)(C)C)CC2)cc1C(=O)N[C@@H]1[C@H]2CC[C@H](C2)[C@@H]1C(=O)OI. The summed E-state index contributed by atoms with van der Waals surface area (Å²) in [5.74, 6) is -1.59. The molecule has 3 aliphatic carbocycles. The van der Waals surface area contributed by atoms with Crippen LogP contribution in [0.4, 0.5) is 4.39 Å². The summed E-state index contributed by atoms with van der Waals surface area (Å²) in [7, 11) is 1.37. The third-order valence-electron chi connectivity index (χ3n) is 8.28. The van der Waals surface area contributed by atoms with Crippen molar-refractivity contribution in [2.75, 3.05) is 7.11 Å². The lowest BCUT2D eigenvalue weighted by atomic mass is 9.74. The van der Waals surface area contributed by atoms with Crippen molar-refractivity contribution in [2.45, 2.75) is 90.4 Å². The Morgan fingerprint density at radius 3 is 2.32 bits per heavy atom. The van der Waals surface area contributed by atoms with Gasteiger partial charge in [0.2, 0.25) is 0 Å².